The summed E-state index contributed by atoms with van der Waals surface area (Å²) in [6.45, 7) is 4.53. The molecule has 150 valence electrons. The molecular formula is C24H41BrO. The molecular weight excluding hydrogens is 384 g/mol. The first kappa shape index (κ1) is 23.5. The third kappa shape index (κ3) is 10.6. The van der Waals surface area contributed by atoms with Gasteiger partial charge in [0.25, 0.3) is 0 Å². The fourth-order valence-electron chi connectivity index (χ4n) is 3.64. The lowest BCUT2D eigenvalue weighted by molar-refractivity contribution is 0.456. The molecule has 0 aliphatic rings. The maximum Gasteiger partial charge on any atom is 0.122 e. The minimum atomic E-state index is 0.560. The number of phenolic OH excluding ortho intramolecular Hbond substituents is 1. The number of hydrogen-bond donors (Lipinski definition) is 1. The second kappa shape index (κ2) is 15.5. The molecule has 0 unspecified atom stereocenters. The Morgan fingerprint density at radius 3 is 1.35 bits per heavy atom. The molecule has 0 heterocycles. The second-order valence-electron chi connectivity index (χ2n) is 7.82. The lowest BCUT2D eigenvalue weighted by atomic mass is 9.98. The van der Waals surface area contributed by atoms with Crippen molar-refractivity contribution in [1.29, 1.82) is 0 Å². The first-order valence-electron chi connectivity index (χ1n) is 11.2. The molecule has 1 nitrogen and oxygen atoms in total. The molecule has 1 aromatic rings. The normalized spacial score (nSPS) is 11.2. The van der Waals surface area contributed by atoms with Gasteiger partial charge in [0, 0.05) is 4.47 Å². The molecule has 0 aliphatic carbocycles. The molecule has 0 radical (unpaired) electrons. The van der Waals surface area contributed by atoms with Gasteiger partial charge in [-0.2, -0.15) is 0 Å². The van der Waals surface area contributed by atoms with Crippen molar-refractivity contribution in [3.05, 3.63) is 27.7 Å². The maximum absolute atomic E-state index is 10.6. The summed E-state index contributed by atoms with van der Waals surface area (Å²) in [6, 6.07) is 4.22. The van der Waals surface area contributed by atoms with Crippen LogP contribution in [0, 0.1) is 0 Å². The van der Waals surface area contributed by atoms with Crippen LogP contribution in [-0.2, 0) is 12.8 Å². The van der Waals surface area contributed by atoms with Gasteiger partial charge >= 0.3 is 0 Å². The molecule has 1 rings (SSSR count). The van der Waals surface area contributed by atoms with Crippen LogP contribution in [0.1, 0.15) is 115 Å². The molecule has 0 aliphatic heterocycles. The molecule has 0 fully saturated rings. The first-order valence-corrected chi connectivity index (χ1v) is 12.0. The quantitative estimate of drug-likeness (QED) is 0.263. The fraction of sp³-hybridized carbons (Fsp3) is 0.750. The van der Waals surface area contributed by atoms with Crippen LogP contribution >= 0.6 is 15.9 Å². The van der Waals surface area contributed by atoms with Crippen molar-refractivity contribution < 1.29 is 5.11 Å². The van der Waals surface area contributed by atoms with E-state index in [1.54, 1.807) is 0 Å². The van der Waals surface area contributed by atoms with Crippen molar-refractivity contribution in [2.45, 2.75) is 117 Å². The summed E-state index contributed by atoms with van der Waals surface area (Å²) in [5.41, 5.74) is 2.26. The molecule has 2 heteroatoms. The highest BCUT2D eigenvalue weighted by Crippen LogP contribution is 2.30. The molecule has 0 spiro atoms. The van der Waals surface area contributed by atoms with Gasteiger partial charge in [0.15, 0.2) is 0 Å². The van der Waals surface area contributed by atoms with Gasteiger partial charge in [0.1, 0.15) is 5.75 Å². The number of benzene rings is 1. The summed E-state index contributed by atoms with van der Waals surface area (Å²) in [4.78, 5) is 0. The molecule has 0 saturated heterocycles. The summed E-state index contributed by atoms with van der Waals surface area (Å²) < 4.78 is 1.12. The van der Waals surface area contributed by atoms with Gasteiger partial charge in [-0.25, -0.2) is 0 Å². The van der Waals surface area contributed by atoms with Gasteiger partial charge in [-0.3, -0.25) is 0 Å². The summed E-state index contributed by atoms with van der Waals surface area (Å²) in [5.74, 6) is 0.560. The van der Waals surface area contributed by atoms with E-state index in [0.29, 0.717) is 5.75 Å². The highest BCUT2D eigenvalue weighted by molar-refractivity contribution is 9.10. The number of phenols is 1. The average molecular weight is 425 g/mol. The average Bonchev–Trinajstić information content (AvgIpc) is 2.63. The van der Waals surface area contributed by atoms with Crippen LogP contribution in [0.15, 0.2) is 16.6 Å². The number of aromatic hydroxyl groups is 1. The highest BCUT2D eigenvalue weighted by atomic mass is 79.9. The number of rotatable bonds is 16. The van der Waals surface area contributed by atoms with E-state index in [4.69, 9.17) is 0 Å². The van der Waals surface area contributed by atoms with Crippen molar-refractivity contribution in [1.82, 2.24) is 0 Å². The minimum Gasteiger partial charge on any atom is -0.507 e. The largest absolute Gasteiger partial charge is 0.507 e. The summed E-state index contributed by atoms with van der Waals surface area (Å²) in [5, 5.41) is 10.6. The lowest BCUT2D eigenvalue weighted by Crippen LogP contribution is -1.94. The van der Waals surface area contributed by atoms with Gasteiger partial charge in [-0.15, -0.1) is 0 Å². The van der Waals surface area contributed by atoms with E-state index >= 15 is 0 Å². The van der Waals surface area contributed by atoms with Crippen molar-refractivity contribution in [2.75, 3.05) is 0 Å². The van der Waals surface area contributed by atoms with Gasteiger partial charge in [0.2, 0.25) is 0 Å². The zero-order valence-electron chi connectivity index (χ0n) is 17.3. The van der Waals surface area contributed by atoms with E-state index in [0.717, 1.165) is 28.4 Å². The fourth-order valence-corrected chi connectivity index (χ4v) is 4.20. The van der Waals surface area contributed by atoms with E-state index in [1.165, 1.54) is 89.9 Å². The zero-order valence-corrected chi connectivity index (χ0v) is 18.9. The number of halogens is 1. The van der Waals surface area contributed by atoms with Gasteiger partial charge in [-0.05, 0) is 48.9 Å². The Balaban J connectivity index is 2.32. The first-order chi connectivity index (χ1) is 12.7. The predicted octanol–water partition coefficient (Wildman–Crippen LogP) is 8.74. The molecule has 0 atom stereocenters. The Morgan fingerprint density at radius 1 is 0.615 bits per heavy atom. The third-order valence-electron chi connectivity index (χ3n) is 5.33. The van der Waals surface area contributed by atoms with Crippen molar-refractivity contribution in [3.63, 3.8) is 0 Å². The monoisotopic (exact) mass is 424 g/mol. The summed E-state index contributed by atoms with van der Waals surface area (Å²) >= 11 is 3.64. The van der Waals surface area contributed by atoms with Crippen LogP contribution in [0.2, 0.25) is 0 Å². The molecule has 0 aromatic heterocycles. The van der Waals surface area contributed by atoms with E-state index in [1.807, 2.05) is 0 Å². The molecule has 0 amide bonds. The number of unbranched alkanes of at least 4 members (excludes halogenated alkanes) is 12. The molecule has 0 bridgehead atoms. The molecule has 26 heavy (non-hydrogen) atoms. The molecule has 1 aromatic carbocycles. The smallest absolute Gasteiger partial charge is 0.122 e. The van der Waals surface area contributed by atoms with Crippen molar-refractivity contribution in [3.8, 4) is 5.75 Å². The van der Waals surface area contributed by atoms with Crippen molar-refractivity contribution >= 4 is 15.9 Å². The van der Waals surface area contributed by atoms with E-state index in [9.17, 15) is 5.11 Å². The van der Waals surface area contributed by atoms with Crippen molar-refractivity contribution in [2.24, 2.45) is 0 Å². The molecule has 0 saturated carbocycles. The summed E-state index contributed by atoms with van der Waals surface area (Å²) in [7, 11) is 0. The predicted molar refractivity (Wildman–Crippen MR) is 119 cm³/mol. The third-order valence-corrected chi connectivity index (χ3v) is 5.79. The van der Waals surface area contributed by atoms with Gasteiger partial charge in [-0.1, -0.05) is 107 Å². The molecule has 1 N–H and O–H groups in total. The van der Waals surface area contributed by atoms with E-state index in [-0.39, 0.29) is 0 Å². The lowest BCUT2D eigenvalue weighted by Gasteiger charge is -2.11. The Hall–Kier alpha value is -0.500. The minimum absolute atomic E-state index is 0.560. The van der Waals surface area contributed by atoms with Crippen LogP contribution in [0.5, 0.6) is 5.75 Å². The standard InChI is InChI=1S/C24H41BrO/c1-3-5-7-9-11-13-15-17-21-19-23(25)20-22(24(21)26)18-16-14-12-10-8-6-4-2/h19-20,26H,3-18H2,1-2H3. The van der Waals surface area contributed by atoms with Crippen LogP contribution in [0.25, 0.3) is 0 Å². The Kier molecular flexibility index (Phi) is 14.1. The highest BCUT2D eigenvalue weighted by Gasteiger charge is 2.09. The van der Waals surface area contributed by atoms with Crippen LogP contribution in [0.3, 0.4) is 0 Å². The van der Waals surface area contributed by atoms with Gasteiger partial charge in [0.05, 0.1) is 0 Å². The van der Waals surface area contributed by atoms with E-state index in [2.05, 4.69) is 41.9 Å². The van der Waals surface area contributed by atoms with Crippen LogP contribution in [-0.4, -0.2) is 5.11 Å². The van der Waals surface area contributed by atoms with Crippen LogP contribution < -0.4 is 0 Å². The SMILES string of the molecule is CCCCCCCCCc1cc(Br)cc(CCCCCCCCC)c1O. The number of aryl methyl sites for hydroxylation is 2. The zero-order chi connectivity index (χ0) is 19.0. The Labute approximate surface area is 171 Å². The summed E-state index contributed by atoms with van der Waals surface area (Å²) in [6.07, 6.45) is 20.5. The Bertz CT molecular complexity index is 430. The number of hydrogen-bond acceptors (Lipinski definition) is 1. The van der Waals surface area contributed by atoms with Crippen LogP contribution in [0.4, 0.5) is 0 Å². The Morgan fingerprint density at radius 2 is 0.962 bits per heavy atom. The second-order valence-corrected chi connectivity index (χ2v) is 8.73. The maximum atomic E-state index is 10.6. The topological polar surface area (TPSA) is 20.2 Å². The van der Waals surface area contributed by atoms with E-state index < -0.39 is 0 Å². The van der Waals surface area contributed by atoms with Gasteiger partial charge < -0.3 is 5.11 Å².